The van der Waals surface area contributed by atoms with E-state index in [1.54, 1.807) is 0 Å². The first kappa shape index (κ1) is 14.4. The third-order valence-electron chi connectivity index (χ3n) is 3.81. The Kier molecular flexibility index (Phi) is 4.16. The zero-order chi connectivity index (χ0) is 14.0. The normalized spacial score (nSPS) is 19.4. The predicted octanol–water partition coefficient (Wildman–Crippen LogP) is 2.69. The van der Waals surface area contributed by atoms with Crippen LogP contribution >= 0.6 is 0 Å². The van der Waals surface area contributed by atoms with Crippen LogP contribution in [-0.2, 0) is 0 Å². The number of phenols is 1. The van der Waals surface area contributed by atoms with Gasteiger partial charge in [-0.05, 0) is 18.4 Å². The standard InChI is InChI=1S/C16H26N2O/c1-12-5-6-14(19)13(11-12)15(16(2,3)4)18-9-7-17-8-10-18/h5-6,11,15,17,19H,7-10H2,1-4H3/t15-/m1/s1. The Labute approximate surface area is 116 Å². The molecule has 19 heavy (non-hydrogen) atoms. The Morgan fingerprint density at radius 3 is 2.42 bits per heavy atom. The number of nitrogens with one attached hydrogen (secondary N) is 1. The monoisotopic (exact) mass is 262 g/mol. The largest absolute Gasteiger partial charge is 0.508 e. The summed E-state index contributed by atoms with van der Waals surface area (Å²) >= 11 is 0. The molecule has 3 heteroatoms. The Morgan fingerprint density at radius 2 is 1.84 bits per heavy atom. The van der Waals surface area contributed by atoms with E-state index in [1.165, 1.54) is 5.56 Å². The van der Waals surface area contributed by atoms with Gasteiger partial charge in [0.1, 0.15) is 5.75 Å². The number of aryl methyl sites for hydroxylation is 1. The van der Waals surface area contributed by atoms with Gasteiger partial charge in [-0.1, -0.05) is 38.5 Å². The van der Waals surface area contributed by atoms with Gasteiger partial charge in [-0.3, -0.25) is 4.90 Å². The van der Waals surface area contributed by atoms with Gasteiger partial charge in [-0.25, -0.2) is 0 Å². The number of piperazine rings is 1. The lowest BCUT2D eigenvalue weighted by atomic mass is 9.80. The fraction of sp³-hybridized carbons (Fsp3) is 0.625. The van der Waals surface area contributed by atoms with E-state index in [-0.39, 0.29) is 11.5 Å². The smallest absolute Gasteiger partial charge is 0.120 e. The number of aromatic hydroxyl groups is 1. The van der Waals surface area contributed by atoms with Gasteiger partial charge >= 0.3 is 0 Å². The molecule has 2 rings (SSSR count). The Morgan fingerprint density at radius 1 is 1.21 bits per heavy atom. The summed E-state index contributed by atoms with van der Waals surface area (Å²) in [6.07, 6.45) is 0. The average molecular weight is 262 g/mol. The number of benzene rings is 1. The van der Waals surface area contributed by atoms with Crippen molar-refractivity contribution in [2.45, 2.75) is 33.7 Å². The molecule has 1 aromatic rings. The van der Waals surface area contributed by atoms with Crippen molar-refractivity contribution in [2.24, 2.45) is 5.41 Å². The summed E-state index contributed by atoms with van der Waals surface area (Å²) in [5, 5.41) is 13.7. The van der Waals surface area contributed by atoms with Gasteiger partial charge in [0.05, 0.1) is 0 Å². The lowest BCUT2D eigenvalue weighted by molar-refractivity contribution is 0.0842. The summed E-state index contributed by atoms with van der Waals surface area (Å²) in [6.45, 7) is 13.0. The number of nitrogens with zero attached hydrogens (tertiary/aromatic N) is 1. The molecule has 0 aromatic heterocycles. The Hall–Kier alpha value is -1.06. The highest BCUT2D eigenvalue weighted by Gasteiger charge is 2.34. The highest BCUT2D eigenvalue weighted by molar-refractivity contribution is 5.39. The summed E-state index contributed by atoms with van der Waals surface area (Å²) in [6, 6.07) is 6.18. The minimum absolute atomic E-state index is 0.0998. The number of phenolic OH excluding ortho intramolecular Hbond substituents is 1. The SMILES string of the molecule is Cc1ccc(O)c([C@@H](N2CCNCC2)C(C)(C)C)c1. The first-order chi connectivity index (χ1) is 8.89. The molecule has 0 unspecified atom stereocenters. The van der Waals surface area contributed by atoms with Crippen LogP contribution in [0.25, 0.3) is 0 Å². The van der Waals surface area contributed by atoms with Gasteiger partial charge in [-0.2, -0.15) is 0 Å². The molecule has 0 amide bonds. The van der Waals surface area contributed by atoms with Gasteiger partial charge in [0.25, 0.3) is 0 Å². The van der Waals surface area contributed by atoms with E-state index in [4.69, 9.17) is 0 Å². The molecule has 1 aromatic carbocycles. The molecule has 0 bridgehead atoms. The second kappa shape index (κ2) is 5.51. The molecule has 0 saturated carbocycles. The lowest BCUT2D eigenvalue weighted by Crippen LogP contribution is -2.48. The molecule has 0 aliphatic carbocycles. The van der Waals surface area contributed by atoms with Gasteiger partial charge in [-0.15, -0.1) is 0 Å². The van der Waals surface area contributed by atoms with Crippen molar-refractivity contribution in [3.05, 3.63) is 29.3 Å². The van der Waals surface area contributed by atoms with Crippen molar-refractivity contribution in [2.75, 3.05) is 26.2 Å². The minimum atomic E-state index is 0.0998. The van der Waals surface area contributed by atoms with Crippen LogP contribution in [0.2, 0.25) is 0 Å². The molecular formula is C16H26N2O. The second-order valence-electron chi connectivity index (χ2n) is 6.62. The van der Waals surface area contributed by atoms with Crippen molar-refractivity contribution in [3.63, 3.8) is 0 Å². The topological polar surface area (TPSA) is 35.5 Å². The zero-order valence-electron chi connectivity index (χ0n) is 12.5. The third-order valence-corrected chi connectivity index (χ3v) is 3.81. The molecule has 0 radical (unpaired) electrons. The Bertz CT molecular complexity index is 431. The van der Waals surface area contributed by atoms with E-state index in [9.17, 15) is 5.11 Å². The van der Waals surface area contributed by atoms with E-state index in [1.807, 2.05) is 12.1 Å². The summed E-state index contributed by atoms with van der Waals surface area (Å²) < 4.78 is 0. The summed E-state index contributed by atoms with van der Waals surface area (Å²) in [5.41, 5.74) is 2.37. The number of hydrogen-bond donors (Lipinski definition) is 2. The van der Waals surface area contributed by atoms with Crippen molar-refractivity contribution in [1.29, 1.82) is 0 Å². The van der Waals surface area contributed by atoms with Crippen LogP contribution in [0.3, 0.4) is 0 Å². The van der Waals surface area contributed by atoms with E-state index < -0.39 is 0 Å². The van der Waals surface area contributed by atoms with Crippen LogP contribution in [0.15, 0.2) is 18.2 Å². The first-order valence-corrected chi connectivity index (χ1v) is 7.14. The molecule has 1 aliphatic rings. The zero-order valence-corrected chi connectivity index (χ0v) is 12.5. The van der Waals surface area contributed by atoms with Crippen LogP contribution in [0.5, 0.6) is 5.75 Å². The molecule has 106 valence electrons. The summed E-state index contributed by atoms with van der Waals surface area (Å²) in [5.74, 6) is 0.420. The molecular weight excluding hydrogens is 236 g/mol. The van der Waals surface area contributed by atoms with Crippen LogP contribution in [0.1, 0.15) is 37.9 Å². The van der Waals surface area contributed by atoms with E-state index in [0.29, 0.717) is 5.75 Å². The highest BCUT2D eigenvalue weighted by Crippen LogP contribution is 2.41. The Balaban J connectivity index is 2.39. The summed E-state index contributed by atoms with van der Waals surface area (Å²) in [7, 11) is 0. The van der Waals surface area contributed by atoms with Gasteiger partial charge in [0, 0.05) is 37.8 Å². The molecule has 0 spiro atoms. The molecule has 1 atom stereocenters. The molecule has 2 N–H and O–H groups in total. The maximum absolute atomic E-state index is 10.3. The first-order valence-electron chi connectivity index (χ1n) is 7.14. The van der Waals surface area contributed by atoms with Crippen molar-refractivity contribution in [3.8, 4) is 5.75 Å². The van der Waals surface area contributed by atoms with E-state index in [2.05, 4.69) is 44.0 Å². The molecule has 1 heterocycles. The minimum Gasteiger partial charge on any atom is -0.508 e. The van der Waals surface area contributed by atoms with Crippen LogP contribution in [0.4, 0.5) is 0 Å². The van der Waals surface area contributed by atoms with Crippen LogP contribution < -0.4 is 5.32 Å². The number of hydrogen-bond acceptors (Lipinski definition) is 3. The fourth-order valence-electron chi connectivity index (χ4n) is 3.04. The second-order valence-corrected chi connectivity index (χ2v) is 6.62. The van der Waals surface area contributed by atoms with E-state index in [0.717, 1.165) is 31.7 Å². The maximum atomic E-state index is 10.3. The van der Waals surface area contributed by atoms with Gasteiger partial charge in [0.2, 0.25) is 0 Å². The van der Waals surface area contributed by atoms with Crippen LogP contribution in [0, 0.1) is 12.3 Å². The highest BCUT2D eigenvalue weighted by atomic mass is 16.3. The predicted molar refractivity (Wildman–Crippen MR) is 79.5 cm³/mol. The average Bonchev–Trinajstić information content (AvgIpc) is 2.33. The molecule has 1 aliphatic heterocycles. The van der Waals surface area contributed by atoms with Crippen molar-refractivity contribution in [1.82, 2.24) is 10.2 Å². The molecule has 3 nitrogen and oxygen atoms in total. The van der Waals surface area contributed by atoms with Crippen molar-refractivity contribution < 1.29 is 5.11 Å². The van der Waals surface area contributed by atoms with E-state index >= 15 is 0 Å². The van der Waals surface area contributed by atoms with Gasteiger partial charge in [0.15, 0.2) is 0 Å². The van der Waals surface area contributed by atoms with Gasteiger partial charge < -0.3 is 10.4 Å². The third kappa shape index (κ3) is 3.28. The molecule has 1 saturated heterocycles. The fourth-order valence-corrected chi connectivity index (χ4v) is 3.04. The summed E-state index contributed by atoms with van der Waals surface area (Å²) in [4.78, 5) is 2.49. The van der Waals surface area contributed by atoms with Crippen LogP contribution in [-0.4, -0.2) is 36.2 Å². The molecule has 1 fully saturated rings. The maximum Gasteiger partial charge on any atom is 0.120 e. The quantitative estimate of drug-likeness (QED) is 0.860. The lowest BCUT2D eigenvalue weighted by Gasteiger charge is -2.42. The van der Waals surface area contributed by atoms with Crippen molar-refractivity contribution >= 4 is 0 Å². The number of rotatable bonds is 2.